The molecule has 0 bridgehead atoms. The topological polar surface area (TPSA) is 109 Å². The number of rotatable bonds is 4. The number of amides is 2. The van der Waals surface area contributed by atoms with Gasteiger partial charge in [-0.25, -0.2) is 13.6 Å². The van der Waals surface area contributed by atoms with Crippen LogP contribution in [0.5, 0.6) is 0 Å². The van der Waals surface area contributed by atoms with E-state index in [2.05, 4.69) is 15.6 Å². The third-order valence-electron chi connectivity index (χ3n) is 5.29. The van der Waals surface area contributed by atoms with Crippen molar-refractivity contribution >= 4 is 45.2 Å². The zero-order valence-electron chi connectivity index (χ0n) is 17.4. The van der Waals surface area contributed by atoms with Crippen LogP contribution in [0.1, 0.15) is 5.56 Å². The van der Waals surface area contributed by atoms with Crippen molar-refractivity contribution in [3.8, 4) is 0 Å². The maximum absolute atomic E-state index is 13.6. The summed E-state index contributed by atoms with van der Waals surface area (Å²) in [5.74, 6) is -4.69. The number of carbonyl (C=O) groups is 2. The summed E-state index contributed by atoms with van der Waals surface area (Å²) in [5, 5.41) is 5.00. The van der Waals surface area contributed by atoms with Gasteiger partial charge in [0.1, 0.15) is 0 Å². The number of benzene rings is 3. The van der Waals surface area contributed by atoms with E-state index in [1.54, 1.807) is 6.07 Å². The Morgan fingerprint density at radius 2 is 1.68 bits per heavy atom. The largest absolute Gasteiger partial charge is 0.420 e. The van der Waals surface area contributed by atoms with Crippen LogP contribution < -0.4 is 16.4 Å². The number of anilines is 2. The summed E-state index contributed by atoms with van der Waals surface area (Å²) in [6, 6.07) is 15.8. The molecule has 0 aliphatic heterocycles. The molecule has 0 spiro atoms. The van der Waals surface area contributed by atoms with Gasteiger partial charge in [-0.05, 0) is 23.8 Å². The molecule has 0 aliphatic carbocycles. The van der Waals surface area contributed by atoms with E-state index in [4.69, 9.17) is 4.42 Å². The van der Waals surface area contributed by atoms with Crippen LogP contribution in [0.25, 0.3) is 22.0 Å². The summed E-state index contributed by atoms with van der Waals surface area (Å²) >= 11 is 0. The van der Waals surface area contributed by atoms with Crippen LogP contribution in [-0.2, 0) is 16.1 Å². The molecule has 0 saturated carbocycles. The molecule has 3 N–H and O–H groups in total. The lowest BCUT2D eigenvalue weighted by Crippen LogP contribution is -2.29. The Morgan fingerprint density at radius 3 is 2.47 bits per heavy atom. The molecular weight excluding hydrogens is 446 g/mol. The van der Waals surface area contributed by atoms with Crippen LogP contribution in [0.15, 0.2) is 76.1 Å². The highest BCUT2D eigenvalue weighted by Gasteiger charge is 2.18. The molecule has 5 aromatic rings. The van der Waals surface area contributed by atoms with E-state index >= 15 is 0 Å². The van der Waals surface area contributed by atoms with Crippen molar-refractivity contribution in [2.24, 2.45) is 0 Å². The summed E-state index contributed by atoms with van der Waals surface area (Å²) in [7, 11) is 0. The zero-order chi connectivity index (χ0) is 23.8. The van der Waals surface area contributed by atoms with Gasteiger partial charge in [-0.2, -0.15) is 0 Å². The Bertz CT molecular complexity index is 1620. The fraction of sp³-hybridized carbons (Fsp3) is 0.0417. The summed E-state index contributed by atoms with van der Waals surface area (Å²) in [5.41, 5.74) is 2.31. The van der Waals surface area contributed by atoms with E-state index in [-0.39, 0.29) is 27.9 Å². The van der Waals surface area contributed by atoms with E-state index in [1.165, 1.54) is 22.9 Å². The van der Waals surface area contributed by atoms with E-state index in [0.717, 1.165) is 17.7 Å². The number of halogens is 2. The highest BCUT2D eigenvalue weighted by atomic mass is 19.2. The number of nitrogens with zero attached hydrogens (tertiary/aromatic N) is 1. The van der Waals surface area contributed by atoms with Crippen LogP contribution in [0.2, 0.25) is 0 Å². The fourth-order valence-electron chi connectivity index (χ4n) is 3.65. The summed E-state index contributed by atoms with van der Waals surface area (Å²) in [4.78, 5) is 39.7. The predicted octanol–water partition coefficient (Wildman–Crippen LogP) is 3.98. The SMILES string of the molecule is O=C(Nc1ccc2c(c1)oc(=O)n2Cc1ccccc1)C(=O)Nc1c[nH]c2cc(F)c(F)cc12. The highest BCUT2D eigenvalue weighted by Crippen LogP contribution is 2.26. The van der Waals surface area contributed by atoms with Gasteiger partial charge >= 0.3 is 17.6 Å². The van der Waals surface area contributed by atoms with Gasteiger partial charge in [-0.15, -0.1) is 0 Å². The van der Waals surface area contributed by atoms with Crippen molar-refractivity contribution in [3.63, 3.8) is 0 Å². The second kappa shape index (κ2) is 8.32. The second-order valence-electron chi connectivity index (χ2n) is 7.54. The number of nitrogens with one attached hydrogen (secondary N) is 3. The molecule has 0 unspecified atom stereocenters. The minimum atomic E-state index is -1.08. The number of fused-ring (bicyclic) bond motifs is 2. The molecule has 170 valence electrons. The van der Waals surface area contributed by atoms with Crippen molar-refractivity contribution in [1.29, 1.82) is 0 Å². The summed E-state index contributed by atoms with van der Waals surface area (Å²) in [6.45, 7) is 0.315. The van der Waals surface area contributed by atoms with Gasteiger partial charge in [0.25, 0.3) is 0 Å². The lowest BCUT2D eigenvalue weighted by molar-refractivity contribution is -0.132. The molecule has 0 aliphatic rings. The van der Waals surface area contributed by atoms with Gasteiger partial charge in [0.05, 0.1) is 23.3 Å². The fourth-order valence-corrected chi connectivity index (χ4v) is 3.65. The molecule has 2 amide bonds. The van der Waals surface area contributed by atoms with Crippen molar-refractivity contribution in [3.05, 3.63) is 94.6 Å². The molecule has 0 atom stereocenters. The van der Waals surface area contributed by atoms with E-state index in [9.17, 15) is 23.2 Å². The minimum absolute atomic E-state index is 0.119. The average molecular weight is 462 g/mol. The van der Waals surface area contributed by atoms with E-state index in [1.807, 2.05) is 30.3 Å². The van der Waals surface area contributed by atoms with E-state index in [0.29, 0.717) is 12.1 Å². The van der Waals surface area contributed by atoms with Crippen LogP contribution >= 0.6 is 0 Å². The molecule has 34 heavy (non-hydrogen) atoms. The molecule has 2 aromatic heterocycles. The third kappa shape index (κ3) is 3.92. The molecule has 0 fully saturated rings. The Labute approximate surface area is 189 Å². The molecule has 3 aromatic carbocycles. The zero-order valence-corrected chi connectivity index (χ0v) is 17.4. The Morgan fingerprint density at radius 1 is 0.941 bits per heavy atom. The quantitative estimate of drug-likeness (QED) is 0.351. The summed E-state index contributed by atoms with van der Waals surface area (Å²) < 4.78 is 33.7. The minimum Gasteiger partial charge on any atom is -0.408 e. The first-order chi connectivity index (χ1) is 16.4. The van der Waals surface area contributed by atoms with Crippen LogP contribution in [0.4, 0.5) is 20.2 Å². The number of carbonyl (C=O) groups excluding carboxylic acids is 2. The van der Waals surface area contributed by atoms with Crippen molar-refractivity contribution in [2.75, 3.05) is 10.6 Å². The van der Waals surface area contributed by atoms with Gasteiger partial charge in [0.15, 0.2) is 17.2 Å². The first-order valence-corrected chi connectivity index (χ1v) is 10.1. The lowest BCUT2D eigenvalue weighted by atomic mass is 10.2. The summed E-state index contributed by atoms with van der Waals surface area (Å²) in [6.07, 6.45) is 1.32. The molecule has 10 heteroatoms. The van der Waals surface area contributed by atoms with Crippen LogP contribution in [-0.4, -0.2) is 21.4 Å². The molecular formula is C24H16F2N4O4. The maximum atomic E-state index is 13.6. The van der Waals surface area contributed by atoms with Crippen LogP contribution in [0.3, 0.4) is 0 Å². The molecule has 2 heterocycles. The highest BCUT2D eigenvalue weighted by molar-refractivity contribution is 6.44. The Balaban J connectivity index is 1.33. The van der Waals surface area contributed by atoms with Crippen LogP contribution in [0, 0.1) is 11.6 Å². The second-order valence-corrected chi connectivity index (χ2v) is 7.54. The molecule has 0 radical (unpaired) electrons. The van der Waals surface area contributed by atoms with Crippen molar-refractivity contribution in [1.82, 2.24) is 9.55 Å². The van der Waals surface area contributed by atoms with Crippen molar-refractivity contribution < 1.29 is 22.8 Å². The average Bonchev–Trinajstić information content (AvgIpc) is 3.34. The monoisotopic (exact) mass is 462 g/mol. The van der Waals surface area contributed by atoms with E-state index < -0.39 is 29.2 Å². The number of hydrogen-bond acceptors (Lipinski definition) is 4. The predicted molar refractivity (Wildman–Crippen MR) is 121 cm³/mol. The smallest absolute Gasteiger partial charge is 0.408 e. The molecule has 8 nitrogen and oxygen atoms in total. The number of oxazole rings is 1. The van der Waals surface area contributed by atoms with Gasteiger partial charge in [-0.1, -0.05) is 30.3 Å². The maximum Gasteiger partial charge on any atom is 0.420 e. The number of H-pyrrole nitrogens is 1. The van der Waals surface area contributed by atoms with Gasteiger partial charge in [0, 0.05) is 29.4 Å². The first-order valence-electron chi connectivity index (χ1n) is 10.1. The number of aromatic amines is 1. The Kier molecular flexibility index (Phi) is 5.17. The number of hydrogen-bond donors (Lipinski definition) is 3. The normalized spacial score (nSPS) is 11.1. The van der Waals surface area contributed by atoms with Crippen molar-refractivity contribution in [2.45, 2.75) is 6.54 Å². The number of aromatic nitrogens is 2. The Hall–Kier alpha value is -4.73. The van der Waals surface area contributed by atoms with Gasteiger partial charge in [-0.3, -0.25) is 14.2 Å². The van der Waals surface area contributed by atoms with Gasteiger partial charge < -0.3 is 20.0 Å². The standard InChI is InChI=1S/C24H16F2N4O4/c25-16-9-15-18(10-17(16)26)27-11-19(15)29-23(32)22(31)28-14-6-7-20-21(8-14)34-24(33)30(20)12-13-4-2-1-3-5-13/h1-11,27H,12H2,(H,28,31)(H,29,32). The molecule has 0 saturated heterocycles. The molecule has 5 rings (SSSR count). The first kappa shape index (κ1) is 21.1. The lowest BCUT2D eigenvalue weighted by Gasteiger charge is -2.07. The third-order valence-corrected chi connectivity index (χ3v) is 5.29. The van der Waals surface area contributed by atoms with Gasteiger partial charge in [0.2, 0.25) is 0 Å².